The van der Waals surface area contributed by atoms with Crippen LogP contribution in [0.3, 0.4) is 0 Å². The first kappa shape index (κ1) is 15.8. The van der Waals surface area contributed by atoms with Crippen molar-refractivity contribution >= 4 is 16.7 Å². The molecule has 0 aliphatic carbocycles. The van der Waals surface area contributed by atoms with E-state index in [1.54, 1.807) is 6.07 Å². The third-order valence-electron chi connectivity index (χ3n) is 4.84. The lowest BCUT2D eigenvalue weighted by Gasteiger charge is -2.19. The number of rotatable bonds is 3. The zero-order chi connectivity index (χ0) is 17.4. The Balaban J connectivity index is 1.84. The lowest BCUT2D eigenvalue weighted by atomic mass is 10.1. The molecule has 3 N–H and O–H groups in total. The number of hydrogen-bond acceptors (Lipinski definition) is 5. The second-order valence-corrected chi connectivity index (χ2v) is 6.82. The monoisotopic (exact) mass is 334 g/mol. The average Bonchev–Trinajstić information content (AvgIpc) is 3.02. The first-order chi connectivity index (χ1) is 12.1. The third-order valence-corrected chi connectivity index (χ3v) is 4.84. The molecule has 1 fully saturated rings. The van der Waals surface area contributed by atoms with E-state index in [4.69, 9.17) is 4.98 Å². The van der Waals surface area contributed by atoms with E-state index in [9.17, 15) is 5.11 Å². The summed E-state index contributed by atoms with van der Waals surface area (Å²) in [5.41, 5.74) is 2.59. The molecule has 0 saturated carbocycles. The van der Waals surface area contributed by atoms with Gasteiger partial charge >= 0.3 is 0 Å². The van der Waals surface area contributed by atoms with E-state index in [1.807, 2.05) is 43.3 Å². The van der Waals surface area contributed by atoms with Gasteiger partial charge in [-0.05, 0) is 43.7 Å². The van der Waals surface area contributed by atoms with Gasteiger partial charge in [0.05, 0.1) is 11.1 Å². The molecule has 2 aromatic carbocycles. The molecule has 0 amide bonds. The van der Waals surface area contributed by atoms with Gasteiger partial charge in [0.1, 0.15) is 11.6 Å². The summed E-state index contributed by atoms with van der Waals surface area (Å²) in [4.78, 5) is 9.44. The largest absolute Gasteiger partial charge is 0.507 e. The van der Waals surface area contributed by atoms with Crippen molar-refractivity contribution in [2.24, 2.45) is 5.92 Å². The first-order valence-corrected chi connectivity index (χ1v) is 8.66. The quantitative estimate of drug-likeness (QED) is 0.685. The molecule has 1 aliphatic heterocycles. The summed E-state index contributed by atoms with van der Waals surface area (Å²) in [6.45, 7) is 6.15. The molecule has 4 rings (SSSR count). The van der Waals surface area contributed by atoms with Gasteiger partial charge in [-0.3, -0.25) is 0 Å². The van der Waals surface area contributed by atoms with Crippen molar-refractivity contribution in [3.63, 3.8) is 0 Å². The number of nitrogens with zero attached hydrogens (tertiary/aromatic N) is 2. The molecule has 0 bridgehead atoms. The fourth-order valence-electron chi connectivity index (χ4n) is 3.31. The van der Waals surface area contributed by atoms with Crippen molar-refractivity contribution in [3.8, 4) is 17.1 Å². The Labute approximate surface area is 147 Å². The number of anilines is 1. The minimum atomic E-state index is 0.197. The van der Waals surface area contributed by atoms with Crippen LogP contribution in [-0.2, 0) is 0 Å². The Morgan fingerprint density at radius 1 is 1.12 bits per heavy atom. The molecular formula is C20H22N4O. The number of phenols is 1. The van der Waals surface area contributed by atoms with Crippen molar-refractivity contribution < 1.29 is 5.11 Å². The zero-order valence-electron chi connectivity index (χ0n) is 14.5. The van der Waals surface area contributed by atoms with Crippen LogP contribution in [0.4, 0.5) is 5.82 Å². The van der Waals surface area contributed by atoms with E-state index in [-0.39, 0.29) is 5.75 Å². The average molecular weight is 334 g/mol. The van der Waals surface area contributed by atoms with Gasteiger partial charge in [0.15, 0.2) is 5.82 Å². The summed E-state index contributed by atoms with van der Waals surface area (Å²) in [7, 11) is 0. The highest BCUT2D eigenvalue weighted by molar-refractivity contribution is 5.91. The van der Waals surface area contributed by atoms with Gasteiger partial charge in [-0.2, -0.15) is 0 Å². The SMILES string of the molecule is Cc1ccc(O)c(-c2nc(NC3CNC[C@H]3C)c3ccccc3n2)c1. The van der Waals surface area contributed by atoms with Crippen LogP contribution in [-0.4, -0.2) is 34.2 Å². The highest BCUT2D eigenvalue weighted by Gasteiger charge is 2.24. The van der Waals surface area contributed by atoms with Gasteiger partial charge in [-0.1, -0.05) is 30.7 Å². The molecule has 5 nitrogen and oxygen atoms in total. The Kier molecular flexibility index (Phi) is 4.01. The molecule has 1 aliphatic rings. The van der Waals surface area contributed by atoms with Crippen LogP contribution in [0.5, 0.6) is 5.75 Å². The lowest BCUT2D eigenvalue weighted by molar-refractivity contribution is 0.477. The molecule has 5 heteroatoms. The summed E-state index contributed by atoms with van der Waals surface area (Å²) in [5.74, 6) is 2.09. The normalized spacial score (nSPS) is 20.1. The molecule has 128 valence electrons. The minimum absolute atomic E-state index is 0.197. The second-order valence-electron chi connectivity index (χ2n) is 6.82. The van der Waals surface area contributed by atoms with Crippen LogP contribution in [0.1, 0.15) is 12.5 Å². The standard InChI is InChI=1S/C20H22N4O/c1-12-7-8-18(25)15(9-12)20-22-16-6-4-3-5-14(16)19(24-20)23-17-11-21-10-13(17)2/h3-9,13,17,21,25H,10-11H2,1-2H3,(H,22,23,24)/t13-,17?/m1/s1. The summed E-state index contributed by atoms with van der Waals surface area (Å²) in [6, 6.07) is 13.8. The second kappa shape index (κ2) is 6.33. The van der Waals surface area contributed by atoms with Crippen LogP contribution in [0.15, 0.2) is 42.5 Å². The van der Waals surface area contributed by atoms with Crippen LogP contribution in [0.2, 0.25) is 0 Å². The van der Waals surface area contributed by atoms with Crippen molar-refractivity contribution in [1.29, 1.82) is 0 Å². The van der Waals surface area contributed by atoms with E-state index in [1.165, 1.54) is 0 Å². The van der Waals surface area contributed by atoms with Crippen molar-refractivity contribution in [1.82, 2.24) is 15.3 Å². The molecule has 0 spiro atoms. The van der Waals surface area contributed by atoms with Gasteiger partial charge in [0.2, 0.25) is 0 Å². The summed E-state index contributed by atoms with van der Waals surface area (Å²) in [6.07, 6.45) is 0. The van der Waals surface area contributed by atoms with Gasteiger partial charge in [0.25, 0.3) is 0 Å². The Morgan fingerprint density at radius 3 is 2.76 bits per heavy atom. The maximum Gasteiger partial charge on any atom is 0.165 e. The summed E-state index contributed by atoms with van der Waals surface area (Å²) >= 11 is 0. The van der Waals surface area contributed by atoms with Gasteiger partial charge in [-0.15, -0.1) is 0 Å². The molecule has 2 heterocycles. The molecule has 25 heavy (non-hydrogen) atoms. The van der Waals surface area contributed by atoms with Crippen LogP contribution in [0, 0.1) is 12.8 Å². The van der Waals surface area contributed by atoms with Gasteiger partial charge in [0, 0.05) is 18.0 Å². The number of aromatic hydroxyl groups is 1. The van der Waals surface area contributed by atoms with E-state index in [0.717, 1.165) is 35.4 Å². The highest BCUT2D eigenvalue weighted by Crippen LogP contribution is 2.31. The molecule has 0 radical (unpaired) electrons. The van der Waals surface area contributed by atoms with Crippen molar-refractivity contribution in [2.75, 3.05) is 18.4 Å². The lowest BCUT2D eigenvalue weighted by Crippen LogP contribution is -2.27. The summed E-state index contributed by atoms with van der Waals surface area (Å²) < 4.78 is 0. The smallest absolute Gasteiger partial charge is 0.165 e. The van der Waals surface area contributed by atoms with Crippen LogP contribution < -0.4 is 10.6 Å². The number of para-hydroxylation sites is 1. The molecule has 2 atom stereocenters. The Bertz CT molecular complexity index is 925. The number of benzene rings is 2. The number of nitrogens with one attached hydrogen (secondary N) is 2. The van der Waals surface area contributed by atoms with E-state index >= 15 is 0 Å². The zero-order valence-corrected chi connectivity index (χ0v) is 14.5. The minimum Gasteiger partial charge on any atom is -0.507 e. The Hall–Kier alpha value is -2.66. The number of fused-ring (bicyclic) bond motifs is 1. The van der Waals surface area contributed by atoms with Crippen molar-refractivity contribution in [3.05, 3.63) is 48.0 Å². The van der Waals surface area contributed by atoms with E-state index in [0.29, 0.717) is 23.3 Å². The van der Waals surface area contributed by atoms with Crippen molar-refractivity contribution in [2.45, 2.75) is 19.9 Å². The molecular weight excluding hydrogens is 312 g/mol. The third kappa shape index (κ3) is 3.03. The number of aryl methyl sites for hydroxylation is 1. The Morgan fingerprint density at radius 2 is 1.96 bits per heavy atom. The number of hydrogen-bond donors (Lipinski definition) is 3. The maximum atomic E-state index is 10.3. The predicted molar refractivity (Wildman–Crippen MR) is 101 cm³/mol. The van der Waals surface area contributed by atoms with Gasteiger partial charge in [-0.25, -0.2) is 9.97 Å². The predicted octanol–water partition coefficient (Wildman–Crippen LogP) is 3.33. The molecule has 1 aromatic heterocycles. The van der Waals surface area contributed by atoms with Crippen LogP contribution >= 0.6 is 0 Å². The number of aromatic nitrogens is 2. The highest BCUT2D eigenvalue weighted by atomic mass is 16.3. The molecule has 1 saturated heterocycles. The topological polar surface area (TPSA) is 70.1 Å². The molecule has 1 unspecified atom stereocenters. The fourth-order valence-corrected chi connectivity index (χ4v) is 3.31. The number of phenolic OH excluding ortho intramolecular Hbond substituents is 1. The maximum absolute atomic E-state index is 10.3. The van der Waals surface area contributed by atoms with Gasteiger partial charge < -0.3 is 15.7 Å². The van der Waals surface area contributed by atoms with E-state index < -0.39 is 0 Å². The van der Waals surface area contributed by atoms with Crippen LogP contribution in [0.25, 0.3) is 22.3 Å². The van der Waals surface area contributed by atoms with E-state index in [2.05, 4.69) is 22.5 Å². The molecule has 3 aromatic rings. The summed E-state index contributed by atoms with van der Waals surface area (Å²) in [5, 5.41) is 18.3. The fraction of sp³-hybridized carbons (Fsp3) is 0.300. The first-order valence-electron chi connectivity index (χ1n) is 8.66.